The molecule has 10 heteroatoms. The fourth-order valence-corrected chi connectivity index (χ4v) is 6.47. The normalized spacial score (nSPS) is 24.7. The number of nitrogens with zero attached hydrogens (tertiary/aromatic N) is 2. The molecule has 3 aliphatic rings. The molecule has 4 heterocycles. The number of ketones is 1. The van der Waals surface area contributed by atoms with Crippen LogP contribution < -0.4 is 4.90 Å². The van der Waals surface area contributed by atoms with Crippen LogP contribution in [-0.2, 0) is 15.8 Å². The van der Waals surface area contributed by atoms with E-state index in [9.17, 15) is 27.6 Å². The average Bonchev–Trinajstić information content (AvgIpc) is 3.55. The molecular formula is C26H16ClF3N2O3S. The molecule has 2 saturated heterocycles. The lowest BCUT2D eigenvalue weighted by atomic mass is 9.84. The van der Waals surface area contributed by atoms with Gasteiger partial charge < -0.3 is 4.90 Å². The average molecular weight is 529 g/mol. The maximum atomic E-state index is 13.8. The summed E-state index contributed by atoms with van der Waals surface area (Å²) >= 11 is 6.99. The Kier molecular flexibility index (Phi) is 5.14. The van der Waals surface area contributed by atoms with Crippen LogP contribution in [0.5, 0.6) is 0 Å². The molecule has 5 nitrogen and oxygen atoms in total. The Morgan fingerprint density at radius 1 is 0.972 bits per heavy atom. The predicted molar refractivity (Wildman–Crippen MR) is 128 cm³/mol. The Morgan fingerprint density at radius 2 is 1.72 bits per heavy atom. The third-order valence-corrected chi connectivity index (χ3v) is 8.22. The number of thiophene rings is 1. The Hall–Kier alpha value is -3.43. The molecule has 2 amide bonds. The van der Waals surface area contributed by atoms with Crippen molar-refractivity contribution in [3.8, 4) is 0 Å². The molecule has 6 rings (SSSR count). The van der Waals surface area contributed by atoms with Crippen molar-refractivity contribution in [2.45, 2.75) is 18.3 Å². The zero-order chi connectivity index (χ0) is 25.4. The molecule has 0 bridgehead atoms. The number of fused-ring (bicyclic) bond motifs is 5. The Bertz CT molecular complexity index is 1450. The van der Waals surface area contributed by atoms with Gasteiger partial charge in [-0.1, -0.05) is 41.9 Å². The molecule has 4 unspecified atom stereocenters. The van der Waals surface area contributed by atoms with E-state index in [1.165, 1.54) is 17.4 Å². The van der Waals surface area contributed by atoms with Gasteiger partial charge in [-0.05, 0) is 46.8 Å². The molecule has 2 aromatic carbocycles. The number of imide groups is 1. The summed E-state index contributed by atoms with van der Waals surface area (Å²) < 4.78 is 40.6. The summed E-state index contributed by atoms with van der Waals surface area (Å²) in [6.45, 7) is 0. The highest BCUT2D eigenvalue weighted by Gasteiger charge is 2.64. The Balaban J connectivity index is 1.49. The van der Waals surface area contributed by atoms with Crippen LogP contribution in [0.15, 0.2) is 66.2 Å². The third kappa shape index (κ3) is 3.26. The molecule has 3 aliphatic heterocycles. The second-order valence-electron chi connectivity index (χ2n) is 8.85. The topological polar surface area (TPSA) is 57.7 Å². The van der Waals surface area contributed by atoms with Crippen LogP contribution in [0.25, 0.3) is 6.08 Å². The zero-order valence-electron chi connectivity index (χ0n) is 18.3. The molecular weight excluding hydrogens is 513 g/mol. The number of hydrogen-bond donors (Lipinski definition) is 0. The fraction of sp³-hybridized carbons (Fsp3) is 0.192. The number of anilines is 1. The number of carbonyl (C=O) groups is 3. The molecule has 1 aromatic heterocycles. The largest absolute Gasteiger partial charge is 0.417 e. The van der Waals surface area contributed by atoms with E-state index in [2.05, 4.69) is 0 Å². The number of halogens is 4. The second-order valence-corrected chi connectivity index (χ2v) is 10.2. The van der Waals surface area contributed by atoms with Gasteiger partial charge >= 0.3 is 6.18 Å². The third-order valence-electron chi connectivity index (χ3n) is 7.01. The molecule has 182 valence electrons. The van der Waals surface area contributed by atoms with Gasteiger partial charge in [0.25, 0.3) is 0 Å². The summed E-state index contributed by atoms with van der Waals surface area (Å²) in [5, 5.41) is 1.22. The van der Waals surface area contributed by atoms with Crippen molar-refractivity contribution >= 4 is 52.3 Å². The number of benzene rings is 2. The molecule has 36 heavy (non-hydrogen) atoms. The monoisotopic (exact) mass is 528 g/mol. The molecule has 0 aliphatic carbocycles. The van der Waals surface area contributed by atoms with Crippen molar-refractivity contribution in [1.29, 1.82) is 0 Å². The van der Waals surface area contributed by atoms with Gasteiger partial charge in [-0.3, -0.25) is 14.4 Å². The smallest absolute Gasteiger partial charge is 0.358 e. The van der Waals surface area contributed by atoms with Crippen molar-refractivity contribution in [2.24, 2.45) is 11.8 Å². The van der Waals surface area contributed by atoms with Gasteiger partial charge in [0.1, 0.15) is 6.04 Å². The number of rotatable bonds is 3. The van der Waals surface area contributed by atoms with Crippen molar-refractivity contribution < 1.29 is 27.6 Å². The predicted octanol–water partition coefficient (Wildman–Crippen LogP) is 5.82. The van der Waals surface area contributed by atoms with Crippen LogP contribution in [0.3, 0.4) is 0 Å². The SMILES string of the molecule is O=C(c1cccs1)C1C2C(=O)N(c3ccc(Cl)c(C(F)(F)F)c3)C(=O)C2C2c3ccccc3C=CN12. The molecule has 0 spiro atoms. The van der Waals surface area contributed by atoms with Crippen LogP contribution in [0.2, 0.25) is 5.02 Å². The minimum atomic E-state index is -4.77. The van der Waals surface area contributed by atoms with E-state index >= 15 is 0 Å². The molecule has 2 fully saturated rings. The summed E-state index contributed by atoms with van der Waals surface area (Å²) in [5.74, 6) is -3.64. The fourth-order valence-electron chi connectivity index (χ4n) is 5.55. The summed E-state index contributed by atoms with van der Waals surface area (Å²) in [5.41, 5.74) is 0.278. The molecule has 3 aromatic rings. The quantitative estimate of drug-likeness (QED) is 0.317. The summed E-state index contributed by atoms with van der Waals surface area (Å²) in [4.78, 5) is 44.2. The van der Waals surface area contributed by atoms with Crippen molar-refractivity contribution in [1.82, 2.24) is 4.90 Å². The minimum absolute atomic E-state index is 0.218. The first kappa shape index (κ1) is 23.0. The Morgan fingerprint density at radius 3 is 2.44 bits per heavy atom. The van der Waals surface area contributed by atoms with Gasteiger partial charge in [-0.25, -0.2) is 4.90 Å². The number of hydrogen-bond acceptors (Lipinski definition) is 5. The van der Waals surface area contributed by atoms with E-state index in [4.69, 9.17) is 11.6 Å². The maximum absolute atomic E-state index is 13.8. The number of carbonyl (C=O) groups excluding carboxylic acids is 3. The van der Waals surface area contributed by atoms with Crippen LogP contribution in [0.4, 0.5) is 18.9 Å². The highest BCUT2D eigenvalue weighted by Crippen LogP contribution is 2.54. The Labute approximate surface area is 212 Å². The van der Waals surface area contributed by atoms with Gasteiger partial charge in [0, 0.05) is 6.20 Å². The first-order valence-electron chi connectivity index (χ1n) is 11.1. The highest BCUT2D eigenvalue weighted by atomic mass is 35.5. The van der Waals surface area contributed by atoms with E-state index in [-0.39, 0.29) is 11.5 Å². The van der Waals surface area contributed by atoms with E-state index in [1.807, 2.05) is 30.3 Å². The summed E-state index contributed by atoms with van der Waals surface area (Å²) in [6.07, 6.45) is -1.20. The highest BCUT2D eigenvalue weighted by molar-refractivity contribution is 7.12. The maximum Gasteiger partial charge on any atom is 0.417 e. The number of Topliss-reactive ketones (excluding diaryl/α,β-unsaturated/α-hetero) is 1. The lowest BCUT2D eigenvalue weighted by molar-refractivity contribution is -0.137. The number of amides is 2. The van der Waals surface area contributed by atoms with E-state index in [1.54, 1.807) is 28.6 Å². The van der Waals surface area contributed by atoms with Gasteiger partial charge in [0.05, 0.1) is 39.0 Å². The van der Waals surface area contributed by atoms with Crippen LogP contribution in [0.1, 0.15) is 32.4 Å². The summed E-state index contributed by atoms with van der Waals surface area (Å²) in [6, 6.07) is 12.1. The second kappa shape index (κ2) is 8.04. The molecule has 0 radical (unpaired) electrons. The zero-order valence-corrected chi connectivity index (χ0v) is 19.8. The van der Waals surface area contributed by atoms with Crippen LogP contribution >= 0.6 is 22.9 Å². The van der Waals surface area contributed by atoms with E-state index in [0.29, 0.717) is 10.9 Å². The van der Waals surface area contributed by atoms with Gasteiger partial charge in [0.15, 0.2) is 5.78 Å². The molecule has 4 atom stereocenters. The minimum Gasteiger partial charge on any atom is -0.358 e. The van der Waals surface area contributed by atoms with E-state index in [0.717, 1.165) is 22.1 Å². The number of alkyl halides is 3. The lowest BCUT2D eigenvalue weighted by Gasteiger charge is -2.35. The first-order valence-corrected chi connectivity index (χ1v) is 12.3. The van der Waals surface area contributed by atoms with Crippen LogP contribution in [-0.4, -0.2) is 28.5 Å². The summed E-state index contributed by atoms with van der Waals surface area (Å²) in [7, 11) is 0. The van der Waals surface area contributed by atoms with Gasteiger partial charge in [-0.2, -0.15) is 13.2 Å². The molecule has 0 N–H and O–H groups in total. The van der Waals surface area contributed by atoms with E-state index < -0.39 is 52.5 Å². The first-order chi connectivity index (χ1) is 17.2. The van der Waals surface area contributed by atoms with Gasteiger partial charge in [0.2, 0.25) is 11.8 Å². The van der Waals surface area contributed by atoms with Gasteiger partial charge in [-0.15, -0.1) is 11.3 Å². The van der Waals surface area contributed by atoms with Crippen molar-refractivity contribution in [3.05, 3.63) is 92.8 Å². The standard InChI is InChI=1S/C26H16ClF3N2O3S/c27-17-8-7-14(12-16(17)26(28,29)30)32-24(34)19-20(25(32)35)22(23(33)18-6-3-11-36-18)31-10-9-13-4-1-2-5-15(13)21(19)31/h1-12,19-22H. The van der Waals surface area contributed by atoms with Crippen molar-refractivity contribution in [2.75, 3.05) is 4.90 Å². The van der Waals surface area contributed by atoms with Crippen LogP contribution in [0, 0.1) is 11.8 Å². The lowest BCUT2D eigenvalue weighted by Crippen LogP contribution is -2.44. The molecule has 0 saturated carbocycles. The van der Waals surface area contributed by atoms with Crippen molar-refractivity contribution in [3.63, 3.8) is 0 Å².